The lowest BCUT2D eigenvalue weighted by molar-refractivity contribution is -0.137. The molecule has 1 saturated heterocycles. The summed E-state index contributed by atoms with van der Waals surface area (Å²) in [6.07, 6.45) is -2.37. The van der Waals surface area contributed by atoms with Gasteiger partial charge in [-0.25, -0.2) is 0 Å². The molecule has 1 aliphatic heterocycles. The zero-order chi connectivity index (χ0) is 28.8. The number of benzene rings is 2. The minimum Gasteiger partial charge on any atom is -0.493 e. The maximum atomic E-state index is 12.4. The van der Waals surface area contributed by atoms with Gasteiger partial charge in [-0.2, -0.15) is 13.2 Å². The van der Waals surface area contributed by atoms with Crippen molar-refractivity contribution >= 4 is 17.9 Å². The van der Waals surface area contributed by atoms with Crippen LogP contribution in [0.4, 0.5) is 13.2 Å². The molecule has 0 saturated carbocycles. The van der Waals surface area contributed by atoms with Crippen LogP contribution in [0, 0.1) is 0 Å². The summed E-state index contributed by atoms with van der Waals surface area (Å²) in [4.78, 5) is 14.0. The van der Waals surface area contributed by atoms with Crippen LogP contribution in [0.1, 0.15) is 48.2 Å². The van der Waals surface area contributed by atoms with Crippen molar-refractivity contribution in [3.05, 3.63) is 59.2 Å². The number of nitrogens with zero attached hydrogens (tertiary/aromatic N) is 1. The molecule has 0 radical (unpaired) electrons. The number of methoxy groups -OCH3 is 2. The smallest absolute Gasteiger partial charge is 0.416 e. The zero-order valence-electron chi connectivity index (χ0n) is 23.3. The molecule has 1 heterocycles. The summed E-state index contributed by atoms with van der Waals surface area (Å²) >= 11 is 1.55. The Morgan fingerprint density at radius 1 is 1.13 bits per heavy atom. The van der Waals surface area contributed by atoms with Gasteiger partial charge in [-0.05, 0) is 62.7 Å². The number of carbonyl (C=O) groups excluding carboxylic acids is 1. The van der Waals surface area contributed by atoms with Gasteiger partial charge < -0.3 is 24.4 Å². The monoisotopic (exact) mass is 571 g/mol. The summed E-state index contributed by atoms with van der Waals surface area (Å²) in [5, 5.41) is 3.24. The van der Waals surface area contributed by atoms with Crippen LogP contribution in [-0.2, 0) is 16.7 Å². The van der Waals surface area contributed by atoms with E-state index in [0.717, 1.165) is 43.6 Å². The second-order valence-electron chi connectivity index (χ2n) is 9.36. The summed E-state index contributed by atoms with van der Waals surface area (Å²) in [6.45, 7) is 7.09. The zero-order valence-corrected chi connectivity index (χ0v) is 24.1. The van der Waals surface area contributed by atoms with Gasteiger partial charge in [0.15, 0.2) is 11.5 Å². The molecule has 0 aromatic heterocycles. The van der Waals surface area contributed by atoms with Gasteiger partial charge in [0.25, 0.3) is 5.91 Å². The first kappa shape index (κ1) is 32.7. The van der Waals surface area contributed by atoms with Crippen molar-refractivity contribution in [2.24, 2.45) is 0 Å². The number of halogens is 3. The Labute approximate surface area is 233 Å². The number of hydrogen-bond acceptors (Lipinski definition) is 7. The van der Waals surface area contributed by atoms with Gasteiger partial charge in [0.2, 0.25) is 0 Å². The third-order valence-corrected chi connectivity index (χ3v) is 7.06. The van der Waals surface area contributed by atoms with E-state index >= 15 is 0 Å². The number of rotatable bonds is 12. The highest BCUT2D eigenvalue weighted by Crippen LogP contribution is 2.30. The normalized spacial score (nSPS) is 15.1. The number of alkyl halides is 3. The first-order chi connectivity index (χ1) is 18.6. The van der Waals surface area contributed by atoms with Crippen LogP contribution in [0.3, 0.4) is 0 Å². The molecule has 2 aromatic carbocycles. The highest BCUT2D eigenvalue weighted by Gasteiger charge is 2.29. The molecule has 3 rings (SSSR count). The Hall–Kier alpha value is -2.47. The van der Waals surface area contributed by atoms with Crippen LogP contribution in [-0.4, -0.2) is 70.5 Å². The predicted octanol–water partition coefficient (Wildman–Crippen LogP) is 5.40. The summed E-state index contributed by atoms with van der Waals surface area (Å²) in [5.74, 6) is 1.84. The Kier molecular flexibility index (Phi) is 13.9. The van der Waals surface area contributed by atoms with Crippen molar-refractivity contribution in [2.45, 2.75) is 50.7 Å². The third-order valence-electron chi connectivity index (χ3n) is 6.09. The molecule has 7 nitrogen and oxygen atoms in total. The minimum absolute atomic E-state index is 0.0330. The molecule has 2 N–H and O–H groups in total. The van der Waals surface area contributed by atoms with Gasteiger partial charge in [-0.15, -0.1) is 0 Å². The summed E-state index contributed by atoms with van der Waals surface area (Å²) in [6, 6.07) is 11.2. The molecule has 1 amide bonds. The van der Waals surface area contributed by atoms with E-state index in [0.29, 0.717) is 42.1 Å². The molecule has 2 aromatic rings. The van der Waals surface area contributed by atoms with Crippen LogP contribution in [0.5, 0.6) is 11.5 Å². The summed E-state index contributed by atoms with van der Waals surface area (Å²) in [7, 11) is 5.02. The quantitative estimate of drug-likeness (QED) is 0.261. The first-order valence-corrected chi connectivity index (χ1v) is 13.9. The molecule has 39 heavy (non-hydrogen) atoms. The van der Waals surface area contributed by atoms with E-state index in [9.17, 15) is 18.0 Å². The van der Waals surface area contributed by atoms with Gasteiger partial charge >= 0.3 is 6.18 Å². The van der Waals surface area contributed by atoms with Crippen molar-refractivity contribution in [3.8, 4) is 11.5 Å². The molecular weight excluding hydrogens is 531 g/mol. The van der Waals surface area contributed by atoms with E-state index in [1.54, 1.807) is 56.3 Å². The SMILES string of the molecule is COCCCOc1cc(C(=O)N(C)C(C)C)ccc1OC.FC(F)(F)c1ccc(CSNC2CCNC2)cc1. The topological polar surface area (TPSA) is 72.1 Å². The number of hydrogen-bond donors (Lipinski definition) is 2. The summed E-state index contributed by atoms with van der Waals surface area (Å²) in [5.41, 5.74) is 0.893. The molecule has 0 bridgehead atoms. The molecule has 0 spiro atoms. The summed E-state index contributed by atoms with van der Waals surface area (Å²) < 4.78 is 56.3. The Morgan fingerprint density at radius 3 is 2.41 bits per heavy atom. The number of amides is 1. The van der Waals surface area contributed by atoms with Gasteiger partial charge in [-0.3, -0.25) is 9.52 Å². The van der Waals surface area contributed by atoms with E-state index in [-0.39, 0.29) is 11.9 Å². The maximum Gasteiger partial charge on any atom is 0.416 e. The van der Waals surface area contributed by atoms with Gasteiger partial charge in [0.1, 0.15) is 0 Å². The lowest BCUT2D eigenvalue weighted by Gasteiger charge is -2.22. The average molecular weight is 572 g/mol. The van der Waals surface area contributed by atoms with Crippen molar-refractivity contribution in [2.75, 3.05) is 47.6 Å². The second kappa shape index (κ2) is 16.6. The molecule has 1 aliphatic rings. The highest BCUT2D eigenvalue weighted by molar-refractivity contribution is 7.96. The molecule has 1 atom stereocenters. The Balaban J connectivity index is 0.000000276. The number of ether oxygens (including phenoxy) is 3. The molecule has 11 heteroatoms. The highest BCUT2D eigenvalue weighted by atomic mass is 32.2. The number of carbonyl (C=O) groups is 1. The lowest BCUT2D eigenvalue weighted by atomic mass is 10.1. The van der Waals surface area contributed by atoms with E-state index in [1.165, 1.54) is 12.1 Å². The van der Waals surface area contributed by atoms with E-state index in [4.69, 9.17) is 14.2 Å². The molecule has 0 aliphatic carbocycles. The fourth-order valence-corrected chi connectivity index (χ4v) is 4.41. The van der Waals surface area contributed by atoms with E-state index in [2.05, 4.69) is 10.0 Å². The van der Waals surface area contributed by atoms with Crippen LogP contribution in [0.2, 0.25) is 0 Å². The van der Waals surface area contributed by atoms with Crippen molar-refractivity contribution in [1.29, 1.82) is 0 Å². The predicted molar refractivity (Wildman–Crippen MR) is 149 cm³/mol. The van der Waals surface area contributed by atoms with Gasteiger partial charge in [0.05, 0.1) is 19.3 Å². The van der Waals surface area contributed by atoms with Crippen LogP contribution >= 0.6 is 11.9 Å². The van der Waals surface area contributed by atoms with Crippen molar-refractivity contribution in [3.63, 3.8) is 0 Å². The second-order valence-corrected chi connectivity index (χ2v) is 10.2. The van der Waals surface area contributed by atoms with Crippen molar-refractivity contribution in [1.82, 2.24) is 14.9 Å². The Morgan fingerprint density at radius 2 is 1.85 bits per heavy atom. The average Bonchev–Trinajstić information content (AvgIpc) is 3.44. The fourth-order valence-electron chi connectivity index (χ4n) is 3.53. The van der Waals surface area contributed by atoms with Gasteiger partial charge in [0, 0.05) is 57.1 Å². The first-order valence-electron chi connectivity index (χ1n) is 12.9. The van der Waals surface area contributed by atoms with Crippen LogP contribution < -0.4 is 19.5 Å². The largest absolute Gasteiger partial charge is 0.493 e. The van der Waals surface area contributed by atoms with E-state index < -0.39 is 11.7 Å². The third kappa shape index (κ3) is 11.3. The fraction of sp³-hybridized carbons (Fsp3) is 0.536. The minimum atomic E-state index is -4.25. The molecule has 1 unspecified atom stereocenters. The number of nitrogens with one attached hydrogen (secondary N) is 2. The molecular formula is C28H40F3N3O4S. The standard InChI is InChI=1S/C16H25NO4.C12H15F3N2S/c1-12(2)17(3)16(18)13-7-8-14(20-5)15(11-13)21-10-6-9-19-4;13-12(14,15)10-3-1-9(2-4-10)8-18-17-11-5-6-16-7-11/h7-8,11-12H,6,9-10H2,1-5H3;1-4,11,16-17H,5-8H2. The molecule has 218 valence electrons. The Bertz CT molecular complexity index is 1000. The molecule has 1 fully saturated rings. The van der Waals surface area contributed by atoms with E-state index in [1.807, 2.05) is 13.8 Å². The van der Waals surface area contributed by atoms with Crippen molar-refractivity contribution < 1.29 is 32.2 Å². The maximum absolute atomic E-state index is 12.4. The van der Waals surface area contributed by atoms with Crippen LogP contribution in [0.15, 0.2) is 42.5 Å². The lowest BCUT2D eigenvalue weighted by Crippen LogP contribution is -2.32. The van der Waals surface area contributed by atoms with Crippen LogP contribution in [0.25, 0.3) is 0 Å². The van der Waals surface area contributed by atoms with Gasteiger partial charge in [-0.1, -0.05) is 24.1 Å².